The fourth-order valence-corrected chi connectivity index (χ4v) is 2.92. The molecule has 2 bridgehead atoms. The van der Waals surface area contributed by atoms with Crippen LogP contribution in [0.25, 0.3) is 0 Å². The lowest BCUT2D eigenvalue weighted by Crippen LogP contribution is -2.37. The van der Waals surface area contributed by atoms with Crippen LogP contribution in [0, 0.1) is 5.92 Å². The van der Waals surface area contributed by atoms with Crippen LogP contribution in [0.3, 0.4) is 0 Å². The standard InChI is InChI=1S/C12H14F2N2O/c1-5(2)16-10-6-3-7(4-6)11(17)8(10)9(15-16)12(13)14/h5-7,12H,3-4H2,1-2H3. The molecule has 1 aromatic rings. The van der Waals surface area contributed by atoms with Gasteiger partial charge in [0.15, 0.2) is 5.78 Å². The van der Waals surface area contributed by atoms with Crippen LogP contribution in [0.2, 0.25) is 0 Å². The predicted octanol–water partition coefficient (Wildman–Crippen LogP) is 3.09. The molecule has 1 aromatic heterocycles. The van der Waals surface area contributed by atoms with E-state index in [0.717, 1.165) is 18.5 Å². The first-order chi connectivity index (χ1) is 8.00. The zero-order chi connectivity index (χ0) is 12.3. The van der Waals surface area contributed by atoms with Crippen LogP contribution in [-0.4, -0.2) is 15.6 Å². The Kier molecular flexibility index (Phi) is 2.15. The molecule has 92 valence electrons. The summed E-state index contributed by atoms with van der Waals surface area (Å²) >= 11 is 0. The minimum Gasteiger partial charge on any atom is -0.294 e. The van der Waals surface area contributed by atoms with E-state index in [9.17, 15) is 13.6 Å². The number of alkyl halides is 2. The Hall–Kier alpha value is -1.26. The smallest absolute Gasteiger partial charge is 0.282 e. The molecule has 1 fully saturated rings. The minimum atomic E-state index is -2.66. The van der Waals surface area contributed by atoms with Gasteiger partial charge in [-0.1, -0.05) is 0 Å². The Morgan fingerprint density at radius 2 is 1.94 bits per heavy atom. The van der Waals surface area contributed by atoms with Crippen LogP contribution in [0.5, 0.6) is 0 Å². The summed E-state index contributed by atoms with van der Waals surface area (Å²) in [5.74, 6) is 0.106. The maximum atomic E-state index is 12.9. The van der Waals surface area contributed by atoms with E-state index in [1.807, 2.05) is 13.8 Å². The van der Waals surface area contributed by atoms with E-state index in [1.165, 1.54) is 0 Å². The van der Waals surface area contributed by atoms with Crippen molar-refractivity contribution in [3.8, 4) is 0 Å². The van der Waals surface area contributed by atoms with Gasteiger partial charge in [0.05, 0.1) is 11.3 Å². The van der Waals surface area contributed by atoms with E-state index >= 15 is 0 Å². The van der Waals surface area contributed by atoms with Crippen molar-refractivity contribution in [2.45, 2.75) is 45.1 Å². The van der Waals surface area contributed by atoms with Crippen LogP contribution in [-0.2, 0) is 0 Å². The molecule has 0 aromatic carbocycles. The molecule has 0 unspecified atom stereocenters. The zero-order valence-electron chi connectivity index (χ0n) is 9.78. The van der Waals surface area contributed by atoms with Gasteiger partial charge < -0.3 is 0 Å². The first kappa shape index (κ1) is 10.9. The molecule has 0 amide bonds. The number of rotatable bonds is 2. The number of nitrogens with zero attached hydrogens (tertiary/aromatic N) is 2. The van der Waals surface area contributed by atoms with Crippen LogP contribution in [0.4, 0.5) is 8.78 Å². The van der Waals surface area contributed by atoms with Crippen molar-refractivity contribution in [1.82, 2.24) is 9.78 Å². The number of hydrogen-bond donors (Lipinski definition) is 0. The molecule has 0 atom stereocenters. The highest BCUT2D eigenvalue weighted by Gasteiger charge is 2.48. The summed E-state index contributed by atoms with van der Waals surface area (Å²) in [5, 5.41) is 3.96. The molecule has 1 saturated carbocycles. The molecule has 17 heavy (non-hydrogen) atoms. The molecule has 3 aliphatic rings. The summed E-state index contributed by atoms with van der Waals surface area (Å²) in [4.78, 5) is 12.0. The lowest BCUT2D eigenvalue weighted by atomic mass is 9.63. The van der Waals surface area contributed by atoms with E-state index in [4.69, 9.17) is 0 Å². The van der Waals surface area contributed by atoms with Crippen LogP contribution in [0.1, 0.15) is 66.8 Å². The van der Waals surface area contributed by atoms with Crippen molar-refractivity contribution in [2.75, 3.05) is 0 Å². The van der Waals surface area contributed by atoms with Gasteiger partial charge in [-0.15, -0.1) is 0 Å². The van der Waals surface area contributed by atoms with Crippen molar-refractivity contribution >= 4 is 5.78 Å². The monoisotopic (exact) mass is 240 g/mol. The summed E-state index contributed by atoms with van der Waals surface area (Å²) in [6.45, 7) is 3.80. The minimum absolute atomic E-state index is 0.0150. The first-order valence-electron chi connectivity index (χ1n) is 5.95. The van der Waals surface area contributed by atoms with Crippen molar-refractivity contribution in [1.29, 1.82) is 0 Å². The molecule has 0 spiro atoms. The molecule has 4 rings (SSSR count). The number of aromatic nitrogens is 2. The average Bonchev–Trinajstić information content (AvgIpc) is 2.56. The van der Waals surface area contributed by atoms with Crippen molar-refractivity contribution in [2.24, 2.45) is 5.92 Å². The predicted molar refractivity (Wildman–Crippen MR) is 57.4 cm³/mol. The highest BCUT2D eigenvalue weighted by molar-refractivity contribution is 6.02. The largest absolute Gasteiger partial charge is 0.294 e. The van der Waals surface area contributed by atoms with Crippen LogP contribution >= 0.6 is 0 Å². The second-order valence-electron chi connectivity index (χ2n) is 5.21. The molecule has 0 N–H and O–H groups in total. The molecule has 1 heterocycles. The van der Waals surface area contributed by atoms with Crippen molar-refractivity contribution < 1.29 is 13.6 Å². The Bertz CT molecular complexity index is 487. The maximum Gasteiger partial charge on any atom is 0.282 e. The Morgan fingerprint density at radius 1 is 1.29 bits per heavy atom. The second kappa shape index (κ2) is 3.37. The van der Waals surface area contributed by atoms with E-state index < -0.39 is 6.43 Å². The third-order valence-electron chi connectivity index (χ3n) is 3.81. The number of carbonyl (C=O) groups excluding carboxylic acids is 1. The molecule has 3 aliphatic carbocycles. The molecule has 0 radical (unpaired) electrons. The van der Waals surface area contributed by atoms with Crippen molar-refractivity contribution in [3.63, 3.8) is 0 Å². The lowest BCUT2D eigenvalue weighted by Gasteiger charge is -2.40. The van der Waals surface area contributed by atoms with Gasteiger partial charge in [0.2, 0.25) is 0 Å². The van der Waals surface area contributed by atoms with Crippen LogP contribution in [0.15, 0.2) is 0 Å². The molecule has 0 saturated heterocycles. The molecule has 3 nitrogen and oxygen atoms in total. The summed E-state index contributed by atoms with van der Waals surface area (Å²) in [7, 11) is 0. The maximum absolute atomic E-state index is 12.9. The average molecular weight is 240 g/mol. The van der Waals surface area contributed by atoms with Crippen molar-refractivity contribution in [3.05, 3.63) is 17.0 Å². The number of hydrogen-bond acceptors (Lipinski definition) is 2. The summed E-state index contributed by atoms with van der Waals surface area (Å²) in [5.41, 5.74) is 0.664. The molecular weight excluding hydrogens is 226 g/mol. The highest BCUT2D eigenvalue weighted by atomic mass is 19.3. The van der Waals surface area contributed by atoms with Gasteiger partial charge in [-0.2, -0.15) is 5.10 Å². The fraction of sp³-hybridized carbons (Fsp3) is 0.667. The number of halogens is 2. The quantitative estimate of drug-likeness (QED) is 0.796. The van der Waals surface area contributed by atoms with E-state index in [1.54, 1.807) is 4.68 Å². The van der Waals surface area contributed by atoms with Crippen LogP contribution < -0.4 is 0 Å². The Labute approximate surface area is 97.8 Å². The Morgan fingerprint density at radius 3 is 2.47 bits per heavy atom. The highest BCUT2D eigenvalue weighted by Crippen LogP contribution is 2.51. The number of ketones is 1. The first-order valence-corrected chi connectivity index (χ1v) is 5.95. The van der Waals surface area contributed by atoms with Gasteiger partial charge in [-0.05, 0) is 26.7 Å². The summed E-state index contributed by atoms with van der Waals surface area (Å²) in [6.07, 6.45) is -1.04. The van der Waals surface area contributed by atoms with Gasteiger partial charge in [0.25, 0.3) is 6.43 Å². The second-order valence-corrected chi connectivity index (χ2v) is 5.21. The topological polar surface area (TPSA) is 34.9 Å². The fourth-order valence-electron chi connectivity index (χ4n) is 2.92. The van der Waals surface area contributed by atoms with Gasteiger partial charge in [-0.3, -0.25) is 9.48 Å². The van der Waals surface area contributed by atoms with Gasteiger partial charge in [0.1, 0.15) is 5.69 Å². The van der Waals surface area contributed by atoms with E-state index in [0.29, 0.717) is 0 Å². The molecular formula is C12H14F2N2O. The number of Topliss-reactive ketones (excluding diaryl/α,β-unsaturated/α-hetero) is 1. The third-order valence-corrected chi connectivity index (χ3v) is 3.81. The third kappa shape index (κ3) is 1.31. The molecule has 0 aliphatic heterocycles. The van der Waals surface area contributed by atoms with Gasteiger partial charge in [0, 0.05) is 17.9 Å². The van der Waals surface area contributed by atoms with Gasteiger partial charge in [-0.25, -0.2) is 8.78 Å². The van der Waals surface area contributed by atoms with Gasteiger partial charge >= 0.3 is 0 Å². The van der Waals surface area contributed by atoms with E-state index in [2.05, 4.69) is 5.10 Å². The lowest BCUT2D eigenvalue weighted by molar-refractivity contribution is 0.0772. The molecule has 5 heteroatoms. The Balaban J connectivity index is 2.22. The SMILES string of the molecule is CC(C)n1nc(C(F)F)c2c1C1CC(C1)C2=O. The van der Waals surface area contributed by atoms with E-state index in [-0.39, 0.29) is 34.9 Å². The zero-order valence-corrected chi connectivity index (χ0v) is 9.78. The normalized spacial score (nSPS) is 26.4. The summed E-state index contributed by atoms with van der Waals surface area (Å²) < 4.78 is 27.5. The number of carbonyl (C=O) groups is 1. The summed E-state index contributed by atoms with van der Waals surface area (Å²) in [6, 6.07) is 0.0150.